The fraction of sp³-hybridized carbons (Fsp3) is 0.227. The van der Waals surface area contributed by atoms with Crippen LogP contribution in [0.2, 0.25) is 0 Å². The van der Waals surface area contributed by atoms with Gasteiger partial charge >= 0.3 is 0 Å². The molecule has 1 N–H and O–H groups in total. The first-order chi connectivity index (χ1) is 12.2. The van der Waals surface area contributed by atoms with Crippen molar-refractivity contribution in [3.05, 3.63) is 78.0 Å². The molecule has 126 valence electrons. The molecular weight excluding hydrogens is 306 g/mol. The number of fused-ring (bicyclic) bond motifs is 3. The Kier molecular flexibility index (Phi) is 3.92. The third-order valence-electron chi connectivity index (χ3n) is 5.14. The van der Waals surface area contributed by atoms with Crippen LogP contribution in [0, 0.1) is 5.92 Å². The molecule has 0 amide bonds. The number of anilines is 1. The number of benzene rings is 2. The van der Waals surface area contributed by atoms with Gasteiger partial charge < -0.3 is 4.57 Å². The summed E-state index contributed by atoms with van der Waals surface area (Å²) in [5.41, 5.74) is 10.4. The summed E-state index contributed by atoms with van der Waals surface area (Å²) >= 11 is 0. The van der Waals surface area contributed by atoms with E-state index in [4.69, 9.17) is 5.10 Å². The Morgan fingerprint density at radius 3 is 2.60 bits per heavy atom. The zero-order valence-electron chi connectivity index (χ0n) is 14.8. The Morgan fingerprint density at radius 1 is 1.12 bits per heavy atom. The number of aryl methyl sites for hydroxylation is 1. The van der Waals surface area contributed by atoms with Gasteiger partial charge in [-0.2, -0.15) is 5.10 Å². The number of aromatic nitrogens is 1. The maximum absolute atomic E-state index is 4.82. The number of hydrogen-bond donors (Lipinski definition) is 1. The second kappa shape index (κ2) is 6.25. The number of nitrogens with one attached hydrogen (secondary N) is 1. The molecule has 0 saturated heterocycles. The van der Waals surface area contributed by atoms with Crippen LogP contribution in [0.4, 0.5) is 5.69 Å². The molecule has 1 aliphatic carbocycles. The minimum absolute atomic E-state index is 0.235. The Balaban J connectivity index is 1.90. The maximum Gasteiger partial charge on any atom is 0.0915 e. The first-order valence-corrected chi connectivity index (χ1v) is 8.87. The van der Waals surface area contributed by atoms with E-state index >= 15 is 0 Å². The highest BCUT2D eigenvalue weighted by Crippen LogP contribution is 2.36. The van der Waals surface area contributed by atoms with Crippen LogP contribution in [0.5, 0.6) is 0 Å². The average Bonchev–Trinajstić information content (AvgIpc) is 2.96. The van der Waals surface area contributed by atoms with E-state index in [-0.39, 0.29) is 5.92 Å². The number of hydrogen-bond acceptors (Lipinski definition) is 2. The van der Waals surface area contributed by atoms with E-state index in [9.17, 15) is 0 Å². The van der Waals surface area contributed by atoms with Crippen LogP contribution < -0.4 is 5.43 Å². The third-order valence-corrected chi connectivity index (χ3v) is 5.14. The minimum atomic E-state index is 0.235. The van der Waals surface area contributed by atoms with Crippen LogP contribution in [0.25, 0.3) is 10.9 Å². The van der Waals surface area contributed by atoms with Crippen molar-refractivity contribution in [2.75, 3.05) is 5.43 Å². The molecule has 4 rings (SSSR count). The molecule has 1 atom stereocenters. The van der Waals surface area contributed by atoms with Gasteiger partial charge in [0, 0.05) is 23.4 Å². The monoisotopic (exact) mass is 329 g/mol. The predicted molar refractivity (Wildman–Crippen MR) is 106 cm³/mol. The Labute approximate surface area is 148 Å². The van der Waals surface area contributed by atoms with Gasteiger partial charge in [0.2, 0.25) is 0 Å². The molecule has 1 aliphatic rings. The SMILES string of the molecule is C=C1Cc2c(n(CC)c3ccccc23)C(=NNc2ccccc2)C1C. The highest BCUT2D eigenvalue weighted by molar-refractivity contribution is 6.10. The number of para-hydroxylation sites is 2. The van der Waals surface area contributed by atoms with Crippen LogP contribution in [-0.4, -0.2) is 10.3 Å². The Bertz CT molecular complexity index is 964. The predicted octanol–water partition coefficient (Wildman–Crippen LogP) is 5.23. The van der Waals surface area contributed by atoms with Crippen LogP contribution in [0.1, 0.15) is 25.1 Å². The summed E-state index contributed by atoms with van der Waals surface area (Å²) in [5.74, 6) is 0.235. The Morgan fingerprint density at radius 2 is 1.84 bits per heavy atom. The van der Waals surface area contributed by atoms with Gasteiger partial charge in [-0.15, -0.1) is 0 Å². The molecule has 0 bridgehead atoms. The van der Waals surface area contributed by atoms with Gasteiger partial charge in [0.15, 0.2) is 0 Å². The van der Waals surface area contributed by atoms with E-state index in [1.807, 2.05) is 30.3 Å². The van der Waals surface area contributed by atoms with Crippen molar-refractivity contribution in [1.29, 1.82) is 0 Å². The summed E-state index contributed by atoms with van der Waals surface area (Å²) in [6.45, 7) is 9.65. The van der Waals surface area contributed by atoms with E-state index in [0.717, 1.165) is 24.4 Å². The lowest BCUT2D eigenvalue weighted by molar-refractivity contribution is 0.752. The minimum Gasteiger partial charge on any atom is -0.339 e. The fourth-order valence-electron chi connectivity index (χ4n) is 3.74. The summed E-state index contributed by atoms with van der Waals surface area (Å²) in [5, 5.41) is 6.13. The van der Waals surface area contributed by atoms with Crippen molar-refractivity contribution in [3.63, 3.8) is 0 Å². The van der Waals surface area contributed by atoms with Gasteiger partial charge in [0.1, 0.15) is 0 Å². The molecule has 3 aromatic rings. The zero-order chi connectivity index (χ0) is 17.4. The molecule has 1 heterocycles. The molecule has 0 saturated carbocycles. The van der Waals surface area contributed by atoms with E-state index in [2.05, 4.69) is 54.7 Å². The molecule has 25 heavy (non-hydrogen) atoms. The van der Waals surface area contributed by atoms with E-state index in [1.54, 1.807) is 0 Å². The van der Waals surface area contributed by atoms with Crippen LogP contribution in [0.3, 0.4) is 0 Å². The quantitative estimate of drug-likeness (QED) is 0.518. The summed E-state index contributed by atoms with van der Waals surface area (Å²) in [4.78, 5) is 0. The third kappa shape index (κ3) is 2.56. The van der Waals surface area contributed by atoms with Crippen LogP contribution in [-0.2, 0) is 13.0 Å². The van der Waals surface area contributed by atoms with Crippen LogP contribution >= 0.6 is 0 Å². The molecule has 0 spiro atoms. The Hall–Kier alpha value is -2.81. The smallest absolute Gasteiger partial charge is 0.0915 e. The van der Waals surface area contributed by atoms with Crippen molar-refractivity contribution < 1.29 is 0 Å². The normalized spacial score (nSPS) is 18.6. The van der Waals surface area contributed by atoms with Gasteiger partial charge in [0.25, 0.3) is 0 Å². The first kappa shape index (κ1) is 15.7. The fourth-order valence-corrected chi connectivity index (χ4v) is 3.74. The lowest BCUT2D eigenvalue weighted by atomic mass is 9.82. The highest BCUT2D eigenvalue weighted by Gasteiger charge is 2.30. The molecule has 3 nitrogen and oxygen atoms in total. The van der Waals surface area contributed by atoms with Gasteiger partial charge in [-0.25, -0.2) is 0 Å². The van der Waals surface area contributed by atoms with Crippen LogP contribution in [0.15, 0.2) is 71.9 Å². The average molecular weight is 329 g/mol. The molecule has 0 radical (unpaired) electrons. The van der Waals surface area contributed by atoms with Crippen molar-refractivity contribution in [3.8, 4) is 0 Å². The molecular formula is C22H23N3. The number of hydrazone groups is 1. The van der Waals surface area contributed by atoms with Crippen molar-refractivity contribution >= 4 is 22.3 Å². The van der Waals surface area contributed by atoms with Gasteiger partial charge in [-0.05, 0) is 37.1 Å². The number of allylic oxidation sites excluding steroid dienone is 1. The second-order valence-electron chi connectivity index (χ2n) is 6.62. The molecule has 1 aromatic heterocycles. The van der Waals surface area contributed by atoms with Gasteiger partial charge in [0.05, 0.1) is 17.1 Å². The molecule has 0 fully saturated rings. The number of rotatable bonds is 3. The topological polar surface area (TPSA) is 29.3 Å². The standard InChI is InChI=1S/C22H23N3/c1-4-25-20-13-9-8-12-18(20)19-14-15(2)16(3)21(22(19)25)24-23-17-10-6-5-7-11-17/h5-13,16,23H,2,4,14H2,1,3H3. The summed E-state index contributed by atoms with van der Waals surface area (Å²) in [6, 6.07) is 18.7. The van der Waals surface area contributed by atoms with Gasteiger partial charge in [-0.1, -0.05) is 55.5 Å². The molecule has 2 aromatic carbocycles. The second-order valence-corrected chi connectivity index (χ2v) is 6.62. The summed E-state index contributed by atoms with van der Waals surface area (Å²) < 4.78 is 2.39. The maximum atomic E-state index is 4.82. The zero-order valence-corrected chi connectivity index (χ0v) is 14.8. The van der Waals surface area contributed by atoms with Crippen molar-refractivity contribution in [2.45, 2.75) is 26.8 Å². The number of nitrogens with zero attached hydrogens (tertiary/aromatic N) is 2. The van der Waals surface area contributed by atoms with Crippen molar-refractivity contribution in [2.24, 2.45) is 11.0 Å². The molecule has 0 aliphatic heterocycles. The van der Waals surface area contributed by atoms with E-state index in [0.29, 0.717) is 0 Å². The summed E-state index contributed by atoms with van der Waals surface area (Å²) in [6.07, 6.45) is 0.925. The van der Waals surface area contributed by atoms with E-state index in [1.165, 1.54) is 27.7 Å². The largest absolute Gasteiger partial charge is 0.339 e. The molecule has 1 unspecified atom stereocenters. The van der Waals surface area contributed by atoms with Gasteiger partial charge in [-0.3, -0.25) is 5.43 Å². The lowest BCUT2D eigenvalue weighted by Gasteiger charge is -2.25. The van der Waals surface area contributed by atoms with Crippen molar-refractivity contribution in [1.82, 2.24) is 4.57 Å². The highest BCUT2D eigenvalue weighted by atomic mass is 15.3. The first-order valence-electron chi connectivity index (χ1n) is 8.87. The lowest BCUT2D eigenvalue weighted by Crippen LogP contribution is -2.26. The van der Waals surface area contributed by atoms with E-state index < -0.39 is 0 Å². The summed E-state index contributed by atoms with van der Waals surface area (Å²) in [7, 11) is 0. The molecule has 3 heteroatoms.